The van der Waals surface area contributed by atoms with Gasteiger partial charge in [-0.05, 0) is 25.6 Å². The van der Waals surface area contributed by atoms with E-state index in [0.29, 0.717) is 6.04 Å². The molecule has 1 aliphatic heterocycles. The van der Waals surface area contributed by atoms with E-state index in [2.05, 4.69) is 24.5 Å². The average Bonchev–Trinajstić information content (AvgIpc) is 2.02. The van der Waals surface area contributed by atoms with E-state index in [9.17, 15) is 0 Å². The Morgan fingerprint density at radius 3 is 2.54 bits per heavy atom. The first-order valence-corrected chi connectivity index (χ1v) is 9.18. The van der Waals surface area contributed by atoms with E-state index in [1.807, 2.05) is 0 Å². The molecule has 0 spiro atoms. The van der Waals surface area contributed by atoms with Crippen LogP contribution in [-0.4, -0.2) is 38.3 Å². The van der Waals surface area contributed by atoms with Crippen molar-refractivity contribution in [1.82, 2.24) is 4.90 Å². The molecular formula is C10H24N2Si. The molecule has 0 aromatic rings. The van der Waals surface area contributed by atoms with Crippen LogP contribution in [0.1, 0.15) is 19.3 Å². The maximum Gasteiger partial charge on any atom is 0.0599 e. The summed E-state index contributed by atoms with van der Waals surface area (Å²) >= 11 is 0. The Labute approximate surface area is 83.5 Å². The highest BCUT2D eigenvalue weighted by Crippen LogP contribution is 2.18. The largest absolute Gasteiger partial charge is 0.329 e. The molecule has 2 nitrogen and oxygen atoms in total. The Morgan fingerprint density at radius 1 is 1.31 bits per heavy atom. The van der Waals surface area contributed by atoms with Crippen molar-refractivity contribution in [2.24, 2.45) is 5.73 Å². The second-order valence-electron chi connectivity index (χ2n) is 5.42. The van der Waals surface area contributed by atoms with Gasteiger partial charge in [0.15, 0.2) is 0 Å². The molecule has 0 aliphatic carbocycles. The Morgan fingerprint density at radius 2 is 2.00 bits per heavy atom. The highest BCUT2D eigenvalue weighted by Gasteiger charge is 2.25. The summed E-state index contributed by atoms with van der Waals surface area (Å²) < 4.78 is 0. The average molecular weight is 200 g/mol. The predicted octanol–water partition coefficient (Wildman–Crippen LogP) is 1.68. The van der Waals surface area contributed by atoms with Gasteiger partial charge in [0.2, 0.25) is 0 Å². The van der Waals surface area contributed by atoms with Crippen molar-refractivity contribution in [3.63, 3.8) is 0 Å². The van der Waals surface area contributed by atoms with Crippen LogP contribution in [-0.2, 0) is 0 Å². The van der Waals surface area contributed by atoms with Crippen LogP contribution in [0.5, 0.6) is 0 Å². The third-order valence-electron chi connectivity index (χ3n) is 2.70. The number of hydrogen-bond acceptors (Lipinski definition) is 2. The summed E-state index contributed by atoms with van der Waals surface area (Å²) in [6.07, 6.45) is 5.40. The molecule has 0 saturated carbocycles. The van der Waals surface area contributed by atoms with Crippen molar-refractivity contribution < 1.29 is 0 Å². The van der Waals surface area contributed by atoms with Gasteiger partial charge in [-0.3, -0.25) is 0 Å². The smallest absolute Gasteiger partial charge is 0.0599 e. The zero-order chi connectivity index (χ0) is 9.90. The first kappa shape index (κ1) is 11.2. The first-order valence-electron chi connectivity index (χ1n) is 5.47. The first-order chi connectivity index (χ1) is 6.03. The fourth-order valence-corrected chi connectivity index (χ4v) is 3.78. The van der Waals surface area contributed by atoms with Crippen molar-refractivity contribution in [3.8, 4) is 0 Å². The molecule has 0 unspecified atom stereocenters. The third-order valence-corrected chi connectivity index (χ3v) is 4.05. The number of likely N-dealkylation sites (tertiary alicyclic amines) is 1. The standard InChI is InChI=1S/C10H24N2Si/c1-13(2,3)9-12-7-5-4-6-10(12)8-11/h10H,4-9,11H2,1-3H3/t10-/m1/s1. The van der Waals surface area contributed by atoms with Gasteiger partial charge in [-0.15, -0.1) is 0 Å². The van der Waals surface area contributed by atoms with E-state index >= 15 is 0 Å². The number of hydrogen-bond donors (Lipinski definition) is 1. The minimum atomic E-state index is -0.932. The lowest BCUT2D eigenvalue weighted by Crippen LogP contribution is -2.50. The monoisotopic (exact) mass is 200 g/mol. The zero-order valence-corrected chi connectivity index (χ0v) is 10.3. The molecule has 0 radical (unpaired) electrons. The summed E-state index contributed by atoms with van der Waals surface area (Å²) in [5.41, 5.74) is 5.79. The van der Waals surface area contributed by atoms with Gasteiger partial charge in [0, 0.05) is 12.6 Å². The summed E-state index contributed by atoms with van der Waals surface area (Å²) in [6.45, 7) is 9.45. The van der Waals surface area contributed by atoms with Gasteiger partial charge < -0.3 is 10.6 Å². The summed E-state index contributed by atoms with van der Waals surface area (Å²) in [5, 5.41) is 0. The Hall–Kier alpha value is 0.137. The van der Waals surface area contributed by atoms with Crippen LogP contribution in [0.2, 0.25) is 19.6 Å². The van der Waals surface area contributed by atoms with Crippen LogP contribution in [0, 0.1) is 0 Å². The van der Waals surface area contributed by atoms with Crippen LogP contribution in [0.15, 0.2) is 0 Å². The van der Waals surface area contributed by atoms with Crippen molar-refractivity contribution in [2.45, 2.75) is 44.9 Å². The van der Waals surface area contributed by atoms with E-state index in [1.165, 1.54) is 32.0 Å². The second kappa shape index (κ2) is 4.58. The molecule has 78 valence electrons. The predicted molar refractivity (Wildman–Crippen MR) is 61.6 cm³/mol. The number of piperidine rings is 1. The maximum absolute atomic E-state index is 5.79. The molecule has 0 amide bonds. The van der Waals surface area contributed by atoms with Gasteiger partial charge in [-0.1, -0.05) is 26.1 Å². The molecule has 0 aromatic heterocycles. The molecule has 3 heteroatoms. The van der Waals surface area contributed by atoms with Gasteiger partial charge in [-0.25, -0.2) is 0 Å². The Balaban J connectivity index is 2.45. The summed E-state index contributed by atoms with van der Waals surface area (Å²) in [6, 6.07) is 0.681. The molecule has 1 fully saturated rings. The molecule has 1 saturated heterocycles. The van der Waals surface area contributed by atoms with E-state index in [4.69, 9.17) is 5.73 Å². The molecule has 2 N–H and O–H groups in total. The highest BCUT2D eigenvalue weighted by molar-refractivity contribution is 6.76. The van der Waals surface area contributed by atoms with E-state index in [0.717, 1.165) is 6.54 Å². The van der Waals surface area contributed by atoms with Crippen LogP contribution in [0.25, 0.3) is 0 Å². The zero-order valence-electron chi connectivity index (χ0n) is 9.34. The highest BCUT2D eigenvalue weighted by atomic mass is 28.3. The quantitative estimate of drug-likeness (QED) is 0.702. The SMILES string of the molecule is C[Si](C)(C)CN1CCCC[C@@H]1CN. The number of nitrogens with two attached hydrogens (primary N) is 1. The van der Waals surface area contributed by atoms with Crippen molar-refractivity contribution in [1.29, 1.82) is 0 Å². The van der Waals surface area contributed by atoms with Crippen LogP contribution >= 0.6 is 0 Å². The summed E-state index contributed by atoms with van der Waals surface area (Å²) in [5.74, 6) is 0. The number of rotatable bonds is 3. The van der Waals surface area contributed by atoms with E-state index in [1.54, 1.807) is 0 Å². The summed E-state index contributed by atoms with van der Waals surface area (Å²) in [7, 11) is -0.932. The molecular weight excluding hydrogens is 176 g/mol. The van der Waals surface area contributed by atoms with Gasteiger partial charge >= 0.3 is 0 Å². The van der Waals surface area contributed by atoms with Gasteiger partial charge in [-0.2, -0.15) is 0 Å². The van der Waals surface area contributed by atoms with Crippen molar-refractivity contribution in [2.75, 3.05) is 19.3 Å². The van der Waals surface area contributed by atoms with Crippen LogP contribution in [0.4, 0.5) is 0 Å². The molecule has 1 heterocycles. The lowest BCUT2D eigenvalue weighted by atomic mass is 10.0. The van der Waals surface area contributed by atoms with E-state index < -0.39 is 8.07 Å². The van der Waals surface area contributed by atoms with E-state index in [-0.39, 0.29) is 0 Å². The lowest BCUT2D eigenvalue weighted by Gasteiger charge is -2.38. The van der Waals surface area contributed by atoms with Gasteiger partial charge in [0.25, 0.3) is 0 Å². The molecule has 1 atom stereocenters. The second-order valence-corrected chi connectivity index (χ2v) is 10.9. The summed E-state index contributed by atoms with van der Waals surface area (Å²) in [4.78, 5) is 2.63. The Bertz CT molecular complexity index is 153. The molecule has 0 aromatic carbocycles. The van der Waals surface area contributed by atoms with Crippen LogP contribution in [0.3, 0.4) is 0 Å². The lowest BCUT2D eigenvalue weighted by molar-refractivity contribution is 0.176. The fraction of sp³-hybridized carbons (Fsp3) is 1.00. The fourth-order valence-electron chi connectivity index (χ4n) is 2.14. The molecule has 1 rings (SSSR count). The van der Waals surface area contributed by atoms with Crippen LogP contribution < -0.4 is 5.73 Å². The number of nitrogens with zero attached hydrogens (tertiary/aromatic N) is 1. The normalized spacial score (nSPS) is 26.3. The van der Waals surface area contributed by atoms with Gasteiger partial charge in [0.05, 0.1) is 8.07 Å². The van der Waals surface area contributed by atoms with Crippen molar-refractivity contribution in [3.05, 3.63) is 0 Å². The molecule has 0 bridgehead atoms. The minimum absolute atomic E-state index is 0.681. The third kappa shape index (κ3) is 3.79. The maximum atomic E-state index is 5.79. The van der Waals surface area contributed by atoms with Gasteiger partial charge in [0.1, 0.15) is 0 Å². The van der Waals surface area contributed by atoms with Crippen molar-refractivity contribution >= 4 is 8.07 Å². The Kier molecular flexibility index (Phi) is 3.95. The topological polar surface area (TPSA) is 29.3 Å². The minimum Gasteiger partial charge on any atom is -0.329 e. The molecule has 13 heavy (non-hydrogen) atoms. The molecule has 1 aliphatic rings.